The Balaban J connectivity index is 3.04. The molecule has 0 fully saturated rings. The van der Waals surface area contributed by atoms with Gasteiger partial charge in [0.05, 0.1) is 5.56 Å². The van der Waals surface area contributed by atoms with Crippen molar-refractivity contribution in [1.29, 1.82) is 0 Å². The molecular formula is C14H20ClNO2. The van der Waals surface area contributed by atoms with Crippen LogP contribution in [0.2, 0.25) is 5.02 Å². The number of rotatable bonds is 6. The van der Waals surface area contributed by atoms with Crippen LogP contribution in [0.15, 0.2) is 12.1 Å². The minimum atomic E-state index is -0.171. The van der Waals surface area contributed by atoms with E-state index >= 15 is 0 Å². The van der Waals surface area contributed by atoms with Gasteiger partial charge in [0.25, 0.3) is 0 Å². The van der Waals surface area contributed by atoms with Crippen LogP contribution in [0.25, 0.3) is 0 Å². The van der Waals surface area contributed by atoms with Crippen molar-refractivity contribution in [2.75, 3.05) is 13.1 Å². The van der Waals surface area contributed by atoms with Gasteiger partial charge in [-0.05, 0) is 38.6 Å². The summed E-state index contributed by atoms with van der Waals surface area (Å²) >= 11 is 5.99. The number of aromatic hydroxyl groups is 1. The molecule has 18 heavy (non-hydrogen) atoms. The zero-order valence-electron chi connectivity index (χ0n) is 11.2. The predicted octanol–water partition coefficient (Wildman–Crippen LogP) is 3.48. The number of phenolic OH excluding ortho intramolecular Hbond substituents is 1. The lowest BCUT2D eigenvalue weighted by Gasteiger charge is -2.20. The topological polar surface area (TPSA) is 40.5 Å². The van der Waals surface area contributed by atoms with Gasteiger partial charge in [0.15, 0.2) is 5.78 Å². The van der Waals surface area contributed by atoms with E-state index in [0.717, 1.165) is 19.5 Å². The number of halogens is 1. The van der Waals surface area contributed by atoms with E-state index in [4.69, 9.17) is 11.6 Å². The second-order valence-electron chi connectivity index (χ2n) is 4.39. The van der Waals surface area contributed by atoms with Crippen molar-refractivity contribution in [2.24, 2.45) is 0 Å². The molecule has 0 heterocycles. The maximum atomic E-state index is 11.4. The number of ketones is 1. The maximum Gasteiger partial charge on any atom is 0.163 e. The Morgan fingerprint density at radius 1 is 1.39 bits per heavy atom. The summed E-state index contributed by atoms with van der Waals surface area (Å²) in [7, 11) is 0. The second-order valence-corrected chi connectivity index (χ2v) is 4.82. The van der Waals surface area contributed by atoms with Crippen LogP contribution < -0.4 is 0 Å². The number of hydrogen-bond donors (Lipinski definition) is 1. The average molecular weight is 270 g/mol. The molecule has 0 saturated carbocycles. The Bertz CT molecular complexity index is 432. The number of carbonyl (C=O) groups excluding carboxylic acids is 1. The molecule has 1 rings (SSSR count). The number of carbonyl (C=O) groups is 1. The summed E-state index contributed by atoms with van der Waals surface area (Å²) in [5.74, 6) is -0.115. The lowest BCUT2D eigenvalue weighted by atomic mass is 10.1. The summed E-state index contributed by atoms with van der Waals surface area (Å²) in [6, 6.07) is 3.24. The molecule has 4 heteroatoms. The molecule has 1 aromatic rings. The van der Waals surface area contributed by atoms with Gasteiger partial charge in [0.1, 0.15) is 5.75 Å². The first-order valence-corrected chi connectivity index (χ1v) is 6.62. The molecule has 0 atom stereocenters. The van der Waals surface area contributed by atoms with Crippen molar-refractivity contribution in [2.45, 2.75) is 33.7 Å². The van der Waals surface area contributed by atoms with Crippen molar-refractivity contribution >= 4 is 17.4 Å². The fraction of sp³-hybridized carbons (Fsp3) is 0.500. The van der Waals surface area contributed by atoms with Gasteiger partial charge in [0, 0.05) is 17.1 Å². The first-order chi connectivity index (χ1) is 8.49. The van der Waals surface area contributed by atoms with Crippen LogP contribution in [0, 0.1) is 0 Å². The first-order valence-electron chi connectivity index (χ1n) is 6.24. The third kappa shape index (κ3) is 3.72. The third-order valence-electron chi connectivity index (χ3n) is 2.91. The van der Waals surface area contributed by atoms with Gasteiger partial charge in [-0.25, -0.2) is 0 Å². The van der Waals surface area contributed by atoms with E-state index in [9.17, 15) is 9.90 Å². The zero-order valence-corrected chi connectivity index (χ0v) is 11.9. The molecule has 0 aliphatic rings. The minimum absolute atomic E-state index is 0.0569. The van der Waals surface area contributed by atoms with Crippen LogP contribution in [-0.2, 0) is 6.54 Å². The highest BCUT2D eigenvalue weighted by molar-refractivity contribution is 6.31. The van der Waals surface area contributed by atoms with Crippen LogP contribution in [-0.4, -0.2) is 28.9 Å². The van der Waals surface area contributed by atoms with Crippen LogP contribution in [0.5, 0.6) is 5.75 Å². The normalized spacial score (nSPS) is 10.9. The van der Waals surface area contributed by atoms with Crippen LogP contribution in [0.1, 0.15) is 43.1 Å². The molecule has 0 saturated heterocycles. The molecule has 1 aromatic carbocycles. The van der Waals surface area contributed by atoms with Crippen molar-refractivity contribution < 1.29 is 9.90 Å². The monoisotopic (exact) mass is 269 g/mol. The highest BCUT2D eigenvalue weighted by Gasteiger charge is 2.14. The predicted molar refractivity (Wildman–Crippen MR) is 74.4 cm³/mol. The highest BCUT2D eigenvalue weighted by atomic mass is 35.5. The Morgan fingerprint density at radius 2 is 2.06 bits per heavy atom. The van der Waals surface area contributed by atoms with Gasteiger partial charge in [-0.1, -0.05) is 25.4 Å². The van der Waals surface area contributed by atoms with Crippen molar-refractivity contribution in [3.63, 3.8) is 0 Å². The van der Waals surface area contributed by atoms with E-state index in [1.54, 1.807) is 6.07 Å². The van der Waals surface area contributed by atoms with Crippen LogP contribution in [0.3, 0.4) is 0 Å². The molecule has 0 spiro atoms. The number of benzene rings is 1. The van der Waals surface area contributed by atoms with E-state index in [0.29, 0.717) is 22.7 Å². The van der Waals surface area contributed by atoms with Gasteiger partial charge < -0.3 is 5.11 Å². The molecular weight excluding hydrogens is 250 g/mol. The average Bonchev–Trinajstić information content (AvgIpc) is 2.32. The van der Waals surface area contributed by atoms with Crippen LogP contribution >= 0.6 is 11.6 Å². The molecule has 0 unspecified atom stereocenters. The minimum Gasteiger partial charge on any atom is -0.507 e. The fourth-order valence-corrected chi connectivity index (χ4v) is 2.19. The van der Waals surface area contributed by atoms with Crippen molar-refractivity contribution in [3.05, 3.63) is 28.3 Å². The van der Waals surface area contributed by atoms with Gasteiger partial charge in [-0.3, -0.25) is 9.69 Å². The molecule has 0 aromatic heterocycles. The second kappa shape index (κ2) is 6.76. The Kier molecular flexibility index (Phi) is 5.63. The van der Waals surface area contributed by atoms with Gasteiger partial charge in [-0.15, -0.1) is 0 Å². The van der Waals surface area contributed by atoms with E-state index in [1.165, 1.54) is 13.0 Å². The lowest BCUT2D eigenvalue weighted by Crippen LogP contribution is -2.23. The van der Waals surface area contributed by atoms with Crippen LogP contribution in [0.4, 0.5) is 0 Å². The summed E-state index contributed by atoms with van der Waals surface area (Å²) in [4.78, 5) is 13.6. The van der Waals surface area contributed by atoms with E-state index in [1.807, 2.05) is 0 Å². The Hall–Kier alpha value is -1.06. The molecule has 0 radical (unpaired) electrons. The Labute approximate surface area is 113 Å². The van der Waals surface area contributed by atoms with E-state index in [-0.39, 0.29) is 11.5 Å². The summed E-state index contributed by atoms with van der Waals surface area (Å²) in [6.07, 6.45) is 1.05. The third-order valence-corrected chi connectivity index (χ3v) is 3.13. The zero-order chi connectivity index (χ0) is 13.7. The molecule has 100 valence electrons. The Morgan fingerprint density at radius 3 is 2.56 bits per heavy atom. The van der Waals surface area contributed by atoms with E-state index in [2.05, 4.69) is 18.7 Å². The SMILES string of the molecule is CCCN(CC)Cc1cc(Cl)cc(C(C)=O)c1O. The number of phenols is 1. The molecule has 0 aliphatic carbocycles. The number of Topliss-reactive ketones (excluding diaryl/α,β-unsaturated/α-hetero) is 1. The van der Waals surface area contributed by atoms with Gasteiger partial charge >= 0.3 is 0 Å². The number of nitrogens with zero attached hydrogens (tertiary/aromatic N) is 1. The molecule has 0 bridgehead atoms. The van der Waals surface area contributed by atoms with Crippen molar-refractivity contribution in [1.82, 2.24) is 4.90 Å². The van der Waals surface area contributed by atoms with Gasteiger partial charge in [-0.2, -0.15) is 0 Å². The lowest BCUT2D eigenvalue weighted by molar-refractivity contribution is 0.101. The summed E-state index contributed by atoms with van der Waals surface area (Å²) in [6.45, 7) is 8.08. The molecule has 3 nitrogen and oxygen atoms in total. The van der Waals surface area contributed by atoms with E-state index < -0.39 is 0 Å². The molecule has 0 amide bonds. The standard InChI is InChI=1S/C14H20ClNO2/c1-4-6-16(5-2)9-11-7-12(15)8-13(10(3)17)14(11)18/h7-8,18H,4-6,9H2,1-3H3. The summed E-state index contributed by atoms with van der Waals surface area (Å²) in [5.41, 5.74) is 1.01. The molecule has 0 aliphatic heterocycles. The molecule has 1 N–H and O–H groups in total. The number of hydrogen-bond acceptors (Lipinski definition) is 3. The largest absolute Gasteiger partial charge is 0.507 e. The van der Waals surface area contributed by atoms with Gasteiger partial charge in [0.2, 0.25) is 0 Å². The van der Waals surface area contributed by atoms with Crippen molar-refractivity contribution in [3.8, 4) is 5.75 Å². The fourth-order valence-electron chi connectivity index (χ4n) is 1.95. The summed E-state index contributed by atoms with van der Waals surface area (Å²) < 4.78 is 0. The highest BCUT2D eigenvalue weighted by Crippen LogP contribution is 2.28. The smallest absolute Gasteiger partial charge is 0.163 e. The summed E-state index contributed by atoms with van der Waals surface area (Å²) in [5, 5.41) is 10.6. The quantitative estimate of drug-likeness (QED) is 0.804. The maximum absolute atomic E-state index is 11.4. The first kappa shape index (κ1) is 15.0.